The van der Waals surface area contributed by atoms with Crippen LogP contribution in [-0.4, -0.2) is 25.5 Å². The fourth-order valence-electron chi connectivity index (χ4n) is 2.49. The second-order valence-corrected chi connectivity index (χ2v) is 5.32. The lowest BCUT2D eigenvalue weighted by Gasteiger charge is -2.04. The lowest BCUT2D eigenvalue weighted by Crippen LogP contribution is -2.29. The zero-order chi connectivity index (χ0) is 17.2. The molecule has 1 amide bonds. The van der Waals surface area contributed by atoms with Crippen LogP contribution in [0.15, 0.2) is 64.1 Å². The van der Waals surface area contributed by atoms with Gasteiger partial charge in [-0.3, -0.25) is 14.0 Å². The highest BCUT2D eigenvalue weighted by molar-refractivity contribution is 5.93. The maximum absolute atomic E-state index is 12.3. The number of amides is 1. The van der Waals surface area contributed by atoms with Gasteiger partial charge in [-0.05, 0) is 36.4 Å². The number of H-pyrrole nitrogens is 1. The summed E-state index contributed by atoms with van der Waals surface area (Å²) >= 11 is 0. The summed E-state index contributed by atoms with van der Waals surface area (Å²) in [6.45, 7) is 0.156. The third kappa shape index (κ3) is 2.80. The summed E-state index contributed by atoms with van der Waals surface area (Å²) < 4.78 is 6.99. The number of carbonyl (C=O) groups excluding carboxylic acids is 1. The zero-order valence-corrected chi connectivity index (χ0v) is 13.0. The van der Waals surface area contributed by atoms with Gasteiger partial charge in [0.25, 0.3) is 11.5 Å². The molecule has 8 nitrogen and oxygen atoms in total. The van der Waals surface area contributed by atoms with E-state index in [1.54, 1.807) is 22.6 Å². The van der Waals surface area contributed by atoms with Gasteiger partial charge in [-0.1, -0.05) is 6.07 Å². The molecule has 0 aliphatic carbocycles. The van der Waals surface area contributed by atoms with Crippen molar-refractivity contribution < 1.29 is 9.21 Å². The number of carbonyl (C=O) groups is 1. The molecule has 0 radical (unpaired) electrons. The van der Waals surface area contributed by atoms with Crippen molar-refractivity contribution in [1.29, 1.82) is 0 Å². The third-order valence-electron chi connectivity index (χ3n) is 3.73. The average molecular weight is 335 g/mol. The summed E-state index contributed by atoms with van der Waals surface area (Å²) in [7, 11) is 0. The molecule has 0 saturated carbocycles. The highest BCUT2D eigenvalue weighted by Gasteiger charge is 2.13. The number of hydrogen-bond acceptors (Lipinski definition) is 5. The Balaban J connectivity index is 1.52. The lowest BCUT2D eigenvalue weighted by atomic mass is 10.2. The van der Waals surface area contributed by atoms with Gasteiger partial charge in [0.15, 0.2) is 11.5 Å². The minimum atomic E-state index is -0.488. The van der Waals surface area contributed by atoms with Crippen LogP contribution in [-0.2, 0) is 6.54 Å². The van der Waals surface area contributed by atoms with Gasteiger partial charge in [-0.25, -0.2) is 0 Å². The summed E-state index contributed by atoms with van der Waals surface area (Å²) in [5.41, 5.74) is 0.726. The zero-order valence-electron chi connectivity index (χ0n) is 13.0. The summed E-state index contributed by atoms with van der Waals surface area (Å²) in [6.07, 6.45) is 3.32. The maximum atomic E-state index is 12.3. The molecular formula is C17H13N5O3. The first-order valence-electron chi connectivity index (χ1n) is 7.56. The first-order chi connectivity index (χ1) is 12.2. The predicted molar refractivity (Wildman–Crippen MR) is 88.9 cm³/mol. The standard InChI is InChI=1S/C17H13N5O3/c23-16(18-10-15-21-20-14-5-1-2-8-22(14)15)11-6-7-12(19-17(11)24)13-4-3-9-25-13/h1-9H,10H2,(H,18,23)(H,19,24). The predicted octanol–water partition coefficient (Wildman–Crippen LogP) is 1.61. The highest BCUT2D eigenvalue weighted by Crippen LogP contribution is 2.15. The molecule has 0 saturated heterocycles. The second-order valence-electron chi connectivity index (χ2n) is 5.32. The Hall–Kier alpha value is -3.68. The molecule has 0 unspecified atom stereocenters. The molecule has 8 heteroatoms. The number of nitrogens with zero attached hydrogens (tertiary/aromatic N) is 3. The van der Waals surface area contributed by atoms with Crippen LogP contribution in [0.3, 0.4) is 0 Å². The Morgan fingerprint density at radius 2 is 2.08 bits per heavy atom. The van der Waals surface area contributed by atoms with Crippen LogP contribution in [0.2, 0.25) is 0 Å². The Morgan fingerprint density at radius 3 is 2.88 bits per heavy atom. The quantitative estimate of drug-likeness (QED) is 0.589. The van der Waals surface area contributed by atoms with E-state index in [-0.39, 0.29) is 12.1 Å². The fraction of sp³-hybridized carbons (Fsp3) is 0.0588. The summed E-state index contributed by atoms with van der Waals surface area (Å²) in [4.78, 5) is 27.1. The van der Waals surface area contributed by atoms with Crippen LogP contribution in [0.5, 0.6) is 0 Å². The summed E-state index contributed by atoms with van der Waals surface area (Å²) in [5.74, 6) is 0.617. The van der Waals surface area contributed by atoms with Crippen molar-refractivity contribution in [3.05, 3.63) is 76.7 Å². The largest absolute Gasteiger partial charge is 0.463 e. The molecule has 124 valence electrons. The normalized spacial score (nSPS) is 10.9. The number of rotatable bonds is 4. The van der Waals surface area contributed by atoms with E-state index in [0.717, 1.165) is 0 Å². The Labute approximate surface area is 141 Å². The highest BCUT2D eigenvalue weighted by atomic mass is 16.3. The number of aromatic nitrogens is 4. The first-order valence-corrected chi connectivity index (χ1v) is 7.56. The van der Waals surface area contributed by atoms with E-state index >= 15 is 0 Å². The van der Waals surface area contributed by atoms with Crippen molar-refractivity contribution in [2.45, 2.75) is 6.54 Å². The van der Waals surface area contributed by atoms with Gasteiger partial charge in [-0.15, -0.1) is 10.2 Å². The minimum absolute atomic E-state index is 0.0177. The smallest absolute Gasteiger partial charge is 0.261 e. The number of aromatic amines is 1. The Bertz CT molecular complexity index is 1090. The van der Waals surface area contributed by atoms with Gasteiger partial charge < -0.3 is 14.7 Å². The maximum Gasteiger partial charge on any atom is 0.261 e. The van der Waals surface area contributed by atoms with Gasteiger partial charge in [0, 0.05) is 6.20 Å². The molecule has 4 heterocycles. The molecule has 4 aromatic rings. The molecule has 0 fully saturated rings. The van der Waals surface area contributed by atoms with E-state index in [9.17, 15) is 9.59 Å². The van der Waals surface area contributed by atoms with Crippen LogP contribution >= 0.6 is 0 Å². The molecule has 0 bridgehead atoms. The van der Waals surface area contributed by atoms with E-state index in [2.05, 4.69) is 20.5 Å². The summed E-state index contributed by atoms with van der Waals surface area (Å²) in [5, 5.41) is 10.7. The van der Waals surface area contributed by atoms with Crippen molar-refractivity contribution in [3.8, 4) is 11.5 Å². The van der Waals surface area contributed by atoms with Crippen molar-refractivity contribution in [3.63, 3.8) is 0 Å². The number of nitrogens with one attached hydrogen (secondary N) is 2. The van der Waals surface area contributed by atoms with E-state index in [1.807, 2.05) is 24.4 Å². The molecule has 4 aromatic heterocycles. The van der Waals surface area contributed by atoms with E-state index in [0.29, 0.717) is 22.9 Å². The number of fused-ring (bicyclic) bond motifs is 1. The molecule has 2 N–H and O–H groups in total. The molecule has 4 rings (SSSR count). The first kappa shape index (κ1) is 14.9. The average Bonchev–Trinajstić information content (AvgIpc) is 3.29. The van der Waals surface area contributed by atoms with Gasteiger partial charge in [0.05, 0.1) is 18.5 Å². The third-order valence-corrected chi connectivity index (χ3v) is 3.73. The topological polar surface area (TPSA) is 105 Å². The van der Waals surface area contributed by atoms with Gasteiger partial charge in [-0.2, -0.15) is 0 Å². The second kappa shape index (κ2) is 6.08. The SMILES string of the molecule is O=C(NCc1nnc2ccccn12)c1ccc(-c2ccco2)[nH]c1=O. The van der Waals surface area contributed by atoms with E-state index in [1.165, 1.54) is 12.3 Å². The Kier molecular flexibility index (Phi) is 3.62. The van der Waals surface area contributed by atoms with Crippen LogP contribution < -0.4 is 10.9 Å². The lowest BCUT2D eigenvalue weighted by molar-refractivity contribution is 0.0948. The molecule has 0 aromatic carbocycles. The van der Waals surface area contributed by atoms with Gasteiger partial charge in [0.1, 0.15) is 11.3 Å². The van der Waals surface area contributed by atoms with Crippen molar-refractivity contribution in [2.24, 2.45) is 0 Å². The molecule has 25 heavy (non-hydrogen) atoms. The van der Waals surface area contributed by atoms with Crippen LogP contribution in [0.4, 0.5) is 0 Å². The molecule has 0 atom stereocenters. The van der Waals surface area contributed by atoms with Crippen LogP contribution in [0.1, 0.15) is 16.2 Å². The summed E-state index contributed by atoms with van der Waals surface area (Å²) in [6, 6.07) is 12.1. The Morgan fingerprint density at radius 1 is 1.16 bits per heavy atom. The van der Waals surface area contributed by atoms with E-state index < -0.39 is 11.5 Å². The molecular weight excluding hydrogens is 322 g/mol. The van der Waals surface area contributed by atoms with Crippen LogP contribution in [0, 0.1) is 0 Å². The minimum Gasteiger partial charge on any atom is -0.463 e. The van der Waals surface area contributed by atoms with Crippen molar-refractivity contribution in [2.75, 3.05) is 0 Å². The number of furan rings is 1. The number of hydrogen-bond donors (Lipinski definition) is 2. The van der Waals surface area contributed by atoms with Crippen molar-refractivity contribution >= 4 is 11.6 Å². The van der Waals surface area contributed by atoms with Gasteiger partial charge >= 0.3 is 0 Å². The molecule has 0 aliphatic heterocycles. The van der Waals surface area contributed by atoms with E-state index in [4.69, 9.17) is 4.42 Å². The monoisotopic (exact) mass is 335 g/mol. The molecule has 0 aliphatic rings. The fourth-order valence-corrected chi connectivity index (χ4v) is 2.49. The molecule has 0 spiro atoms. The van der Waals surface area contributed by atoms with Gasteiger partial charge in [0.2, 0.25) is 0 Å². The van der Waals surface area contributed by atoms with Crippen LogP contribution in [0.25, 0.3) is 17.1 Å². The number of pyridine rings is 2. The van der Waals surface area contributed by atoms with Crippen molar-refractivity contribution in [1.82, 2.24) is 24.9 Å².